The molecule has 1 aliphatic heterocycles. The van der Waals surface area contributed by atoms with E-state index in [1.54, 1.807) is 30.3 Å². The third-order valence-electron chi connectivity index (χ3n) is 4.62. The maximum Gasteiger partial charge on any atom is 0.270 e. The Morgan fingerprint density at radius 3 is 2.61 bits per heavy atom. The molecule has 28 heavy (non-hydrogen) atoms. The number of benzene rings is 2. The summed E-state index contributed by atoms with van der Waals surface area (Å²) in [4.78, 5) is 29.4. The van der Waals surface area contributed by atoms with Gasteiger partial charge in [0.25, 0.3) is 11.8 Å². The van der Waals surface area contributed by atoms with Gasteiger partial charge in [0.2, 0.25) is 0 Å². The number of ether oxygens (including phenoxy) is 1. The first kappa shape index (κ1) is 18.1. The molecule has 3 aromatic rings. The van der Waals surface area contributed by atoms with E-state index in [0.717, 1.165) is 6.42 Å². The zero-order chi connectivity index (χ0) is 19.5. The van der Waals surface area contributed by atoms with E-state index in [1.807, 2.05) is 12.1 Å². The second-order valence-electron chi connectivity index (χ2n) is 6.52. The fourth-order valence-corrected chi connectivity index (χ4v) is 3.18. The number of hydrazine groups is 1. The van der Waals surface area contributed by atoms with Crippen molar-refractivity contribution in [1.82, 2.24) is 15.8 Å². The number of nitrogens with one attached hydrogen (secondary N) is 2. The molecule has 1 aliphatic rings. The first-order valence-corrected chi connectivity index (χ1v) is 8.99. The predicted molar refractivity (Wildman–Crippen MR) is 102 cm³/mol. The summed E-state index contributed by atoms with van der Waals surface area (Å²) in [6, 6.07) is 14.7. The van der Waals surface area contributed by atoms with Gasteiger partial charge < -0.3 is 4.74 Å². The Morgan fingerprint density at radius 2 is 1.86 bits per heavy atom. The Balaban J connectivity index is 1.63. The number of nitrogens with zero attached hydrogens (tertiary/aromatic N) is 1. The number of para-hydroxylation sites is 1. The van der Waals surface area contributed by atoms with E-state index in [0.29, 0.717) is 40.8 Å². The third kappa shape index (κ3) is 3.70. The van der Waals surface area contributed by atoms with Gasteiger partial charge in [-0.05, 0) is 49.2 Å². The molecule has 2 aromatic carbocycles. The lowest BCUT2D eigenvalue weighted by Gasteiger charge is -2.13. The van der Waals surface area contributed by atoms with E-state index in [4.69, 9.17) is 4.74 Å². The first-order chi connectivity index (χ1) is 13.6. The van der Waals surface area contributed by atoms with Gasteiger partial charge in [-0.25, -0.2) is 9.37 Å². The van der Waals surface area contributed by atoms with Crippen molar-refractivity contribution in [3.8, 4) is 11.3 Å². The van der Waals surface area contributed by atoms with E-state index >= 15 is 0 Å². The molecule has 0 unspecified atom stereocenters. The number of hydrogen-bond donors (Lipinski definition) is 2. The molecule has 7 heteroatoms. The average molecular weight is 379 g/mol. The van der Waals surface area contributed by atoms with Gasteiger partial charge in [0, 0.05) is 17.6 Å². The van der Waals surface area contributed by atoms with Gasteiger partial charge in [0.05, 0.1) is 16.8 Å². The predicted octanol–water partition coefficient (Wildman–Crippen LogP) is 2.98. The van der Waals surface area contributed by atoms with Crippen molar-refractivity contribution < 1.29 is 18.7 Å². The van der Waals surface area contributed by atoms with Gasteiger partial charge in [-0.15, -0.1) is 0 Å². The lowest BCUT2D eigenvalue weighted by Crippen LogP contribution is -2.46. The van der Waals surface area contributed by atoms with Crippen LogP contribution >= 0.6 is 0 Å². The number of amides is 2. The van der Waals surface area contributed by atoms with Crippen molar-refractivity contribution in [1.29, 1.82) is 0 Å². The SMILES string of the molecule is O=C(NNC(=O)[C@@H]1CCCO1)c1cc(-c2ccc(F)cc2)nc2ccccc12. The van der Waals surface area contributed by atoms with Crippen molar-refractivity contribution in [2.24, 2.45) is 0 Å². The van der Waals surface area contributed by atoms with Gasteiger partial charge in [-0.3, -0.25) is 20.4 Å². The molecule has 1 fully saturated rings. The summed E-state index contributed by atoms with van der Waals surface area (Å²) in [6.07, 6.45) is 0.917. The normalized spacial score (nSPS) is 16.1. The van der Waals surface area contributed by atoms with Crippen LogP contribution in [-0.2, 0) is 9.53 Å². The molecule has 1 atom stereocenters. The quantitative estimate of drug-likeness (QED) is 0.686. The molecule has 0 spiro atoms. The lowest BCUT2D eigenvalue weighted by molar-refractivity contribution is -0.130. The highest BCUT2D eigenvalue weighted by Gasteiger charge is 2.24. The number of hydrogen-bond acceptors (Lipinski definition) is 4. The molecule has 1 aromatic heterocycles. The van der Waals surface area contributed by atoms with Crippen LogP contribution in [0, 0.1) is 5.82 Å². The van der Waals surface area contributed by atoms with E-state index < -0.39 is 12.0 Å². The number of halogens is 1. The number of pyridine rings is 1. The van der Waals surface area contributed by atoms with Gasteiger partial charge >= 0.3 is 0 Å². The third-order valence-corrected chi connectivity index (χ3v) is 4.62. The van der Waals surface area contributed by atoms with Crippen LogP contribution in [0.15, 0.2) is 54.6 Å². The summed E-state index contributed by atoms with van der Waals surface area (Å²) in [7, 11) is 0. The van der Waals surface area contributed by atoms with E-state index in [1.165, 1.54) is 12.1 Å². The summed E-state index contributed by atoms with van der Waals surface area (Å²) in [5.74, 6) is -1.18. The van der Waals surface area contributed by atoms with Crippen LogP contribution in [-0.4, -0.2) is 29.5 Å². The second kappa shape index (κ2) is 7.74. The fourth-order valence-electron chi connectivity index (χ4n) is 3.18. The van der Waals surface area contributed by atoms with Gasteiger partial charge in [0.1, 0.15) is 11.9 Å². The Kier molecular flexibility index (Phi) is 4.99. The van der Waals surface area contributed by atoms with Crippen molar-refractivity contribution in [2.75, 3.05) is 6.61 Å². The van der Waals surface area contributed by atoms with Crippen molar-refractivity contribution in [2.45, 2.75) is 18.9 Å². The van der Waals surface area contributed by atoms with Gasteiger partial charge in [-0.2, -0.15) is 0 Å². The largest absolute Gasteiger partial charge is 0.368 e. The fraction of sp³-hybridized carbons (Fsp3) is 0.190. The van der Waals surface area contributed by atoms with Crippen LogP contribution in [0.2, 0.25) is 0 Å². The molecule has 2 heterocycles. The minimum Gasteiger partial charge on any atom is -0.368 e. The number of carbonyl (C=O) groups excluding carboxylic acids is 2. The van der Waals surface area contributed by atoms with Crippen molar-refractivity contribution in [3.05, 3.63) is 66.0 Å². The standard InChI is InChI=1S/C21H18FN3O3/c22-14-9-7-13(8-10-14)18-12-16(15-4-1-2-5-17(15)23-18)20(26)24-25-21(27)19-6-3-11-28-19/h1-2,4-5,7-10,12,19H,3,6,11H2,(H,24,26)(H,25,27)/t19-/m0/s1. The summed E-state index contributed by atoms with van der Waals surface area (Å²) < 4.78 is 18.5. The minimum absolute atomic E-state index is 0.348. The van der Waals surface area contributed by atoms with Crippen molar-refractivity contribution in [3.63, 3.8) is 0 Å². The smallest absolute Gasteiger partial charge is 0.270 e. The molecule has 0 bridgehead atoms. The van der Waals surface area contributed by atoms with Crippen LogP contribution in [0.5, 0.6) is 0 Å². The Hall–Kier alpha value is -3.32. The van der Waals surface area contributed by atoms with Crippen LogP contribution in [0.1, 0.15) is 23.2 Å². The maximum absolute atomic E-state index is 13.2. The summed E-state index contributed by atoms with van der Waals surface area (Å²) >= 11 is 0. The van der Waals surface area contributed by atoms with E-state index in [2.05, 4.69) is 15.8 Å². The maximum atomic E-state index is 13.2. The molecule has 0 radical (unpaired) electrons. The summed E-state index contributed by atoms with van der Waals surface area (Å²) in [5.41, 5.74) is 7.08. The first-order valence-electron chi connectivity index (χ1n) is 8.99. The molecular weight excluding hydrogens is 361 g/mol. The summed E-state index contributed by atoms with van der Waals surface area (Å²) in [6.45, 7) is 0.544. The summed E-state index contributed by atoms with van der Waals surface area (Å²) in [5, 5.41) is 0.650. The number of fused-ring (bicyclic) bond motifs is 1. The van der Waals surface area contributed by atoms with Crippen LogP contribution in [0.25, 0.3) is 22.2 Å². The minimum atomic E-state index is -0.538. The molecule has 4 rings (SSSR count). The molecule has 2 N–H and O–H groups in total. The van der Waals surface area contributed by atoms with Crippen LogP contribution in [0.3, 0.4) is 0 Å². The number of aromatic nitrogens is 1. The molecule has 0 saturated carbocycles. The molecule has 2 amide bonds. The second-order valence-corrected chi connectivity index (χ2v) is 6.52. The monoisotopic (exact) mass is 379 g/mol. The van der Waals surface area contributed by atoms with E-state index in [9.17, 15) is 14.0 Å². The number of carbonyl (C=O) groups is 2. The van der Waals surface area contributed by atoms with E-state index in [-0.39, 0.29) is 11.7 Å². The van der Waals surface area contributed by atoms with Crippen LogP contribution < -0.4 is 10.9 Å². The Morgan fingerprint density at radius 1 is 1.07 bits per heavy atom. The Bertz CT molecular complexity index is 1030. The lowest BCUT2D eigenvalue weighted by atomic mass is 10.0. The average Bonchev–Trinajstić information content (AvgIpc) is 3.26. The van der Waals surface area contributed by atoms with Crippen LogP contribution in [0.4, 0.5) is 4.39 Å². The molecule has 1 saturated heterocycles. The van der Waals surface area contributed by atoms with Crippen molar-refractivity contribution >= 4 is 22.7 Å². The highest BCUT2D eigenvalue weighted by atomic mass is 19.1. The molecule has 142 valence electrons. The number of rotatable bonds is 3. The molecular formula is C21H18FN3O3. The molecule has 0 aliphatic carbocycles. The topological polar surface area (TPSA) is 80.3 Å². The highest BCUT2D eigenvalue weighted by Crippen LogP contribution is 2.25. The zero-order valence-corrected chi connectivity index (χ0v) is 14.9. The van der Waals surface area contributed by atoms with Gasteiger partial charge in [-0.1, -0.05) is 18.2 Å². The highest BCUT2D eigenvalue weighted by molar-refractivity contribution is 6.07. The zero-order valence-electron chi connectivity index (χ0n) is 14.9. The van der Waals surface area contributed by atoms with Gasteiger partial charge in [0.15, 0.2) is 0 Å². The molecule has 6 nitrogen and oxygen atoms in total. The Labute approximate surface area is 160 Å².